The van der Waals surface area contributed by atoms with Gasteiger partial charge in [-0.15, -0.1) is 11.8 Å². The number of hydrogen-bond acceptors (Lipinski definition) is 7. The summed E-state index contributed by atoms with van der Waals surface area (Å²) in [7, 11) is 0. The van der Waals surface area contributed by atoms with Crippen LogP contribution in [0.25, 0.3) is 0 Å². The molecule has 0 atom stereocenters. The van der Waals surface area contributed by atoms with Crippen LogP contribution in [0.2, 0.25) is 0 Å². The average molecular weight is 516 g/mol. The second kappa shape index (κ2) is 12.2. The summed E-state index contributed by atoms with van der Waals surface area (Å²) in [4.78, 5) is 13.2. The van der Waals surface area contributed by atoms with E-state index in [1.807, 2.05) is 49.4 Å². The molecule has 1 amide bonds. The number of nitriles is 1. The fourth-order valence-corrected chi connectivity index (χ4v) is 4.88. The van der Waals surface area contributed by atoms with Gasteiger partial charge in [-0.1, -0.05) is 29.8 Å². The van der Waals surface area contributed by atoms with Gasteiger partial charge >= 0.3 is 0 Å². The maximum Gasteiger partial charge on any atom is 0.264 e. The van der Waals surface area contributed by atoms with Crippen molar-refractivity contribution in [3.63, 3.8) is 0 Å². The first-order chi connectivity index (χ1) is 18.0. The molecule has 0 saturated heterocycles. The molecule has 0 bridgehead atoms. The number of nitrogens with zero attached hydrogens (tertiary/aromatic N) is 1. The molecule has 1 aliphatic heterocycles. The Hall–Kier alpha value is -4.09. The lowest BCUT2D eigenvalue weighted by molar-refractivity contribution is -0.117. The molecule has 1 heterocycles. The third kappa shape index (κ3) is 6.78. The van der Waals surface area contributed by atoms with Crippen LogP contribution in [0.1, 0.15) is 29.2 Å². The van der Waals surface area contributed by atoms with Gasteiger partial charge in [-0.2, -0.15) is 5.26 Å². The number of aryl methyl sites for hydroxylation is 2. The lowest BCUT2D eigenvalue weighted by Gasteiger charge is -2.15. The van der Waals surface area contributed by atoms with Crippen molar-refractivity contribution in [1.82, 2.24) is 5.32 Å². The highest BCUT2D eigenvalue weighted by Crippen LogP contribution is 2.33. The van der Waals surface area contributed by atoms with Gasteiger partial charge in [-0.25, -0.2) is 0 Å². The van der Waals surface area contributed by atoms with Crippen LogP contribution in [0.15, 0.2) is 71.3 Å². The van der Waals surface area contributed by atoms with Gasteiger partial charge in [0.05, 0.1) is 11.6 Å². The van der Waals surface area contributed by atoms with Crippen molar-refractivity contribution in [2.75, 3.05) is 18.7 Å². The zero-order valence-corrected chi connectivity index (χ0v) is 21.9. The lowest BCUT2D eigenvalue weighted by Crippen LogP contribution is -2.25. The third-order valence-electron chi connectivity index (χ3n) is 5.75. The van der Waals surface area contributed by atoms with Crippen LogP contribution in [0.5, 0.6) is 17.2 Å². The van der Waals surface area contributed by atoms with Gasteiger partial charge in [0.25, 0.3) is 5.91 Å². The normalized spacial score (nSPS) is 12.4. The minimum absolute atomic E-state index is 0.0180. The fraction of sp³-hybridized carbons (Fsp3) is 0.241. The number of ether oxygens (including phenoxy) is 3. The number of benzene rings is 3. The summed E-state index contributed by atoms with van der Waals surface area (Å²) in [5.41, 5.74) is 5.11. The molecule has 7 nitrogen and oxygen atoms in total. The van der Waals surface area contributed by atoms with Gasteiger partial charge in [0.15, 0.2) is 11.5 Å². The number of fused-ring (bicyclic) bond motifs is 1. The second-order valence-electron chi connectivity index (χ2n) is 8.49. The summed E-state index contributed by atoms with van der Waals surface area (Å²) in [5, 5.41) is 16.6. The van der Waals surface area contributed by atoms with Crippen molar-refractivity contribution in [2.24, 2.45) is 0 Å². The molecule has 190 valence electrons. The predicted octanol–water partition coefficient (Wildman–Crippen LogP) is 5.83. The molecule has 4 rings (SSSR count). The maximum atomic E-state index is 13.2. The summed E-state index contributed by atoms with van der Waals surface area (Å²) >= 11 is 1.42. The number of carbonyl (C=O) groups is 1. The molecule has 8 heteroatoms. The summed E-state index contributed by atoms with van der Waals surface area (Å²) in [5.74, 6) is 2.22. The number of thioether (sulfide) groups is 1. The van der Waals surface area contributed by atoms with Crippen LogP contribution in [0.3, 0.4) is 0 Å². The number of anilines is 1. The fourth-order valence-electron chi connectivity index (χ4n) is 3.79. The number of hydrogen-bond donors (Lipinski definition) is 2. The van der Waals surface area contributed by atoms with E-state index in [0.717, 1.165) is 22.6 Å². The molecule has 0 spiro atoms. The van der Waals surface area contributed by atoms with E-state index in [0.29, 0.717) is 28.9 Å². The Bertz CT molecular complexity index is 1350. The minimum atomic E-state index is -0.457. The Balaban J connectivity index is 1.55. The van der Waals surface area contributed by atoms with E-state index in [9.17, 15) is 10.1 Å². The van der Waals surface area contributed by atoms with Crippen molar-refractivity contribution in [3.05, 3.63) is 93.5 Å². The lowest BCUT2D eigenvalue weighted by atomic mass is 10.1. The van der Waals surface area contributed by atoms with Crippen LogP contribution in [-0.4, -0.2) is 19.3 Å². The van der Waals surface area contributed by atoms with Crippen LogP contribution in [0.4, 0.5) is 5.69 Å². The molecule has 0 aromatic heterocycles. The summed E-state index contributed by atoms with van der Waals surface area (Å²) in [6.07, 6.45) is 0. The third-order valence-corrected chi connectivity index (χ3v) is 6.80. The van der Waals surface area contributed by atoms with Gasteiger partial charge in [0.1, 0.15) is 17.4 Å². The quantitative estimate of drug-likeness (QED) is 0.259. The Morgan fingerprint density at radius 3 is 2.57 bits per heavy atom. The van der Waals surface area contributed by atoms with E-state index in [4.69, 9.17) is 14.2 Å². The molecular weight excluding hydrogens is 486 g/mol. The molecule has 0 aliphatic carbocycles. The Morgan fingerprint density at radius 2 is 1.84 bits per heavy atom. The van der Waals surface area contributed by atoms with Crippen molar-refractivity contribution >= 4 is 23.4 Å². The van der Waals surface area contributed by atoms with Crippen molar-refractivity contribution in [3.8, 4) is 23.3 Å². The van der Waals surface area contributed by atoms with Gasteiger partial charge in [0, 0.05) is 18.0 Å². The molecule has 3 aromatic rings. The van der Waals surface area contributed by atoms with Crippen LogP contribution in [-0.2, 0) is 17.1 Å². The number of rotatable bonds is 10. The van der Waals surface area contributed by atoms with E-state index in [-0.39, 0.29) is 18.9 Å². The zero-order valence-electron chi connectivity index (χ0n) is 21.1. The maximum absolute atomic E-state index is 13.2. The summed E-state index contributed by atoms with van der Waals surface area (Å²) in [6.45, 7) is 7.06. The van der Waals surface area contributed by atoms with Crippen molar-refractivity contribution in [1.29, 1.82) is 5.26 Å². The summed E-state index contributed by atoms with van der Waals surface area (Å²) in [6, 6.07) is 21.3. The highest BCUT2D eigenvalue weighted by Gasteiger charge is 2.18. The minimum Gasteiger partial charge on any atom is -0.494 e. The SMILES string of the molecule is CCOc1ccc(NC(SCc2ccc(C)cc2C)=C(C#N)C(=O)NCc2ccc3c(c2)OCO3)cc1. The molecular formula is C29H29N3O4S. The van der Waals surface area contributed by atoms with E-state index >= 15 is 0 Å². The van der Waals surface area contributed by atoms with E-state index in [1.54, 1.807) is 0 Å². The molecule has 3 aromatic carbocycles. The van der Waals surface area contributed by atoms with E-state index in [1.165, 1.54) is 22.9 Å². The second-order valence-corrected chi connectivity index (χ2v) is 9.47. The van der Waals surface area contributed by atoms with Crippen LogP contribution < -0.4 is 24.8 Å². The smallest absolute Gasteiger partial charge is 0.264 e. The number of carbonyl (C=O) groups excluding carboxylic acids is 1. The first-order valence-electron chi connectivity index (χ1n) is 12.0. The van der Waals surface area contributed by atoms with E-state index < -0.39 is 5.91 Å². The predicted molar refractivity (Wildman–Crippen MR) is 145 cm³/mol. The Kier molecular flexibility index (Phi) is 8.60. The molecule has 0 saturated carbocycles. The number of nitrogens with one attached hydrogen (secondary N) is 2. The highest BCUT2D eigenvalue weighted by atomic mass is 32.2. The topological polar surface area (TPSA) is 92.6 Å². The molecule has 0 unspecified atom stereocenters. The molecule has 0 fully saturated rings. The van der Waals surface area contributed by atoms with Gasteiger partial charge in [0.2, 0.25) is 6.79 Å². The van der Waals surface area contributed by atoms with E-state index in [2.05, 4.69) is 48.7 Å². The van der Waals surface area contributed by atoms with Crippen molar-refractivity contribution in [2.45, 2.75) is 33.1 Å². The highest BCUT2D eigenvalue weighted by molar-refractivity contribution is 8.02. The Labute approximate surface area is 221 Å². The Morgan fingerprint density at radius 1 is 1.05 bits per heavy atom. The van der Waals surface area contributed by atoms with Crippen LogP contribution in [0, 0.1) is 25.2 Å². The largest absolute Gasteiger partial charge is 0.494 e. The molecule has 37 heavy (non-hydrogen) atoms. The van der Waals surface area contributed by atoms with Crippen molar-refractivity contribution < 1.29 is 19.0 Å². The first kappa shape index (κ1) is 26.0. The monoisotopic (exact) mass is 515 g/mol. The molecule has 1 aliphatic rings. The van der Waals surface area contributed by atoms with Crippen LogP contribution >= 0.6 is 11.8 Å². The number of amides is 1. The standard InChI is InChI=1S/C29H29N3O4S/c1-4-34-24-10-8-23(9-11-24)32-29(37-17-22-7-5-19(2)13-20(22)3)25(15-30)28(33)31-16-21-6-12-26-27(14-21)36-18-35-26/h5-14,32H,4,16-18H2,1-3H3,(H,31,33). The van der Waals surface area contributed by atoms with Gasteiger partial charge < -0.3 is 24.8 Å². The molecule has 2 N–H and O–H groups in total. The van der Waals surface area contributed by atoms with Gasteiger partial charge in [-0.05, 0) is 73.9 Å². The first-order valence-corrected chi connectivity index (χ1v) is 12.9. The molecule has 0 radical (unpaired) electrons. The average Bonchev–Trinajstić information content (AvgIpc) is 3.36. The summed E-state index contributed by atoms with van der Waals surface area (Å²) < 4.78 is 16.3. The van der Waals surface area contributed by atoms with Gasteiger partial charge in [-0.3, -0.25) is 4.79 Å². The zero-order chi connectivity index (χ0) is 26.2.